The van der Waals surface area contributed by atoms with E-state index >= 15 is 0 Å². The molecular formula is C18H17F3N4O2. The third-order valence-electron chi connectivity index (χ3n) is 4.26. The van der Waals surface area contributed by atoms with Crippen molar-refractivity contribution in [3.8, 4) is 0 Å². The summed E-state index contributed by atoms with van der Waals surface area (Å²) >= 11 is 0. The standard InChI is InChI=1S/C18H17F3N4O2/c19-18(20,21)14-3-1-2-4-15(14)23-16-6-5-13(11-22-16)17(27)25-9-7-24(12-26)8-10-25/h1-6,11-12H,7-10H2,(H,22,23). The van der Waals surface area contributed by atoms with Crippen molar-refractivity contribution in [3.05, 3.63) is 53.7 Å². The number of nitrogens with one attached hydrogen (secondary N) is 1. The van der Waals surface area contributed by atoms with Crippen molar-refractivity contribution >= 4 is 23.8 Å². The molecule has 0 radical (unpaired) electrons. The van der Waals surface area contributed by atoms with E-state index in [4.69, 9.17) is 0 Å². The van der Waals surface area contributed by atoms with Gasteiger partial charge in [0.2, 0.25) is 6.41 Å². The zero-order valence-corrected chi connectivity index (χ0v) is 14.2. The van der Waals surface area contributed by atoms with Crippen molar-refractivity contribution in [1.82, 2.24) is 14.8 Å². The van der Waals surface area contributed by atoms with Crippen LogP contribution >= 0.6 is 0 Å². The molecule has 6 nitrogen and oxygen atoms in total. The predicted molar refractivity (Wildman–Crippen MR) is 92.5 cm³/mol. The van der Waals surface area contributed by atoms with Crippen LogP contribution in [0.5, 0.6) is 0 Å². The molecule has 1 N–H and O–H groups in total. The average molecular weight is 378 g/mol. The van der Waals surface area contributed by atoms with Crippen LogP contribution in [0.4, 0.5) is 24.7 Å². The van der Waals surface area contributed by atoms with Gasteiger partial charge in [-0.1, -0.05) is 12.1 Å². The topological polar surface area (TPSA) is 65.5 Å². The number of para-hydroxylation sites is 1. The van der Waals surface area contributed by atoms with Gasteiger partial charge in [-0.2, -0.15) is 13.2 Å². The number of hydrogen-bond acceptors (Lipinski definition) is 4. The highest BCUT2D eigenvalue weighted by Gasteiger charge is 2.33. The van der Waals surface area contributed by atoms with E-state index in [1.807, 2.05) is 0 Å². The maximum Gasteiger partial charge on any atom is 0.418 e. The number of pyridine rings is 1. The Morgan fingerprint density at radius 3 is 2.37 bits per heavy atom. The van der Waals surface area contributed by atoms with Crippen molar-refractivity contribution in [2.24, 2.45) is 0 Å². The minimum absolute atomic E-state index is 0.110. The Bertz CT molecular complexity index is 816. The lowest BCUT2D eigenvalue weighted by Crippen LogP contribution is -2.48. The number of benzene rings is 1. The number of carbonyl (C=O) groups is 2. The quantitative estimate of drug-likeness (QED) is 0.831. The smallest absolute Gasteiger partial charge is 0.342 e. The summed E-state index contributed by atoms with van der Waals surface area (Å²) in [6.45, 7) is 1.79. The van der Waals surface area contributed by atoms with E-state index in [1.54, 1.807) is 9.80 Å². The summed E-state index contributed by atoms with van der Waals surface area (Å²) in [4.78, 5) is 30.4. The molecule has 0 spiro atoms. The molecule has 0 unspecified atom stereocenters. The SMILES string of the molecule is O=CN1CCN(C(=O)c2ccc(Nc3ccccc3C(F)(F)F)nc2)CC1. The van der Waals surface area contributed by atoms with E-state index in [0.717, 1.165) is 12.5 Å². The minimum atomic E-state index is -4.48. The molecule has 0 saturated carbocycles. The van der Waals surface area contributed by atoms with Gasteiger partial charge >= 0.3 is 6.18 Å². The van der Waals surface area contributed by atoms with Crippen LogP contribution < -0.4 is 5.32 Å². The predicted octanol–water partition coefficient (Wildman–Crippen LogP) is 2.76. The van der Waals surface area contributed by atoms with Gasteiger partial charge in [-0.05, 0) is 24.3 Å². The van der Waals surface area contributed by atoms with Gasteiger partial charge in [-0.25, -0.2) is 4.98 Å². The molecule has 142 valence electrons. The zero-order valence-electron chi connectivity index (χ0n) is 14.2. The molecule has 1 aliphatic heterocycles. The Labute approximate surface area is 153 Å². The third kappa shape index (κ3) is 4.36. The molecule has 0 aliphatic carbocycles. The van der Waals surface area contributed by atoms with Crippen LogP contribution in [-0.2, 0) is 11.0 Å². The van der Waals surface area contributed by atoms with Gasteiger partial charge in [0, 0.05) is 32.4 Å². The highest BCUT2D eigenvalue weighted by atomic mass is 19.4. The monoisotopic (exact) mass is 378 g/mol. The van der Waals surface area contributed by atoms with E-state index in [1.165, 1.54) is 36.5 Å². The molecule has 1 aliphatic rings. The third-order valence-corrected chi connectivity index (χ3v) is 4.26. The molecule has 2 amide bonds. The van der Waals surface area contributed by atoms with E-state index in [0.29, 0.717) is 31.7 Å². The fraction of sp³-hybridized carbons (Fsp3) is 0.278. The number of nitrogens with zero attached hydrogens (tertiary/aromatic N) is 3. The molecule has 1 aromatic carbocycles. The zero-order chi connectivity index (χ0) is 19.4. The number of carbonyl (C=O) groups excluding carboxylic acids is 2. The normalized spacial score (nSPS) is 14.8. The van der Waals surface area contributed by atoms with Crippen molar-refractivity contribution < 1.29 is 22.8 Å². The summed E-state index contributed by atoms with van der Waals surface area (Å²) in [7, 11) is 0. The summed E-state index contributed by atoms with van der Waals surface area (Å²) in [6.07, 6.45) is -2.40. The number of alkyl halides is 3. The van der Waals surface area contributed by atoms with Crippen LogP contribution in [0.3, 0.4) is 0 Å². The Hall–Kier alpha value is -3.10. The first kappa shape index (κ1) is 18.7. The molecular weight excluding hydrogens is 361 g/mol. The maximum atomic E-state index is 13.0. The van der Waals surface area contributed by atoms with Crippen molar-refractivity contribution in [3.63, 3.8) is 0 Å². The molecule has 1 fully saturated rings. The largest absolute Gasteiger partial charge is 0.418 e. The van der Waals surface area contributed by atoms with E-state index in [9.17, 15) is 22.8 Å². The molecule has 3 rings (SSSR count). The van der Waals surface area contributed by atoms with E-state index < -0.39 is 11.7 Å². The van der Waals surface area contributed by atoms with Crippen molar-refractivity contribution in [2.75, 3.05) is 31.5 Å². The number of amides is 2. The molecule has 1 aromatic heterocycles. The van der Waals surface area contributed by atoms with E-state index in [2.05, 4.69) is 10.3 Å². The van der Waals surface area contributed by atoms with Crippen LogP contribution in [0.2, 0.25) is 0 Å². The van der Waals surface area contributed by atoms with Crippen LogP contribution in [0.15, 0.2) is 42.6 Å². The lowest BCUT2D eigenvalue weighted by molar-refractivity contribution is -0.136. The molecule has 0 bridgehead atoms. The number of halogens is 3. The Balaban J connectivity index is 1.70. The number of anilines is 2. The van der Waals surface area contributed by atoms with E-state index in [-0.39, 0.29) is 17.4 Å². The second-order valence-corrected chi connectivity index (χ2v) is 6.03. The Morgan fingerprint density at radius 1 is 1.07 bits per heavy atom. The molecule has 0 atom stereocenters. The van der Waals surface area contributed by atoms with Crippen LogP contribution in [0.25, 0.3) is 0 Å². The first-order valence-electron chi connectivity index (χ1n) is 8.26. The van der Waals surface area contributed by atoms with Gasteiger partial charge in [0.15, 0.2) is 0 Å². The summed E-state index contributed by atoms with van der Waals surface area (Å²) in [5, 5.41) is 2.64. The first-order chi connectivity index (χ1) is 12.9. The second kappa shape index (κ2) is 7.65. The van der Waals surface area contributed by atoms with Crippen molar-refractivity contribution in [2.45, 2.75) is 6.18 Å². The lowest BCUT2D eigenvalue weighted by atomic mass is 10.1. The molecule has 2 heterocycles. The van der Waals surface area contributed by atoms with Gasteiger partial charge in [-0.15, -0.1) is 0 Å². The molecule has 9 heteroatoms. The van der Waals surface area contributed by atoms with Crippen LogP contribution in [0, 0.1) is 0 Å². The molecule has 2 aromatic rings. The summed E-state index contributed by atoms with van der Waals surface area (Å²) < 4.78 is 39.1. The van der Waals surface area contributed by atoms with Gasteiger partial charge in [0.1, 0.15) is 5.82 Å². The summed E-state index contributed by atoms with van der Waals surface area (Å²) in [5.74, 6) is -0.0238. The molecule has 1 saturated heterocycles. The summed E-state index contributed by atoms with van der Waals surface area (Å²) in [5.41, 5.74) is -0.564. The number of rotatable bonds is 4. The number of aromatic nitrogens is 1. The highest BCUT2D eigenvalue weighted by molar-refractivity contribution is 5.94. The van der Waals surface area contributed by atoms with Gasteiger partial charge in [-0.3, -0.25) is 9.59 Å². The highest BCUT2D eigenvalue weighted by Crippen LogP contribution is 2.35. The van der Waals surface area contributed by atoms with Gasteiger partial charge < -0.3 is 15.1 Å². The van der Waals surface area contributed by atoms with Gasteiger partial charge in [0.05, 0.1) is 16.8 Å². The van der Waals surface area contributed by atoms with Gasteiger partial charge in [0.25, 0.3) is 5.91 Å². The average Bonchev–Trinajstić information content (AvgIpc) is 2.68. The fourth-order valence-corrected chi connectivity index (χ4v) is 2.78. The van der Waals surface area contributed by atoms with Crippen LogP contribution in [0.1, 0.15) is 15.9 Å². The fourth-order valence-electron chi connectivity index (χ4n) is 2.78. The first-order valence-corrected chi connectivity index (χ1v) is 8.26. The number of hydrogen-bond donors (Lipinski definition) is 1. The number of piperazine rings is 1. The Morgan fingerprint density at radius 2 is 1.78 bits per heavy atom. The van der Waals surface area contributed by atoms with Crippen LogP contribution in [-0.4, -0.2) is 53.3 Å². The Kier molecular flexibility index (Phi) is 5.29. The minimum Gasteiger partial charge on any atom is -0.342 e. The molecule has 27 heavy (non-hydrogen) atoms. The second-order valence-electron chi connectivity index (χ2n) is 6.03. The lowest BCUT2D eigenvalue weighted by Gasteiger charge is -2.32. The van der Waals surface area contributed by atoms with Crippen molar-refractivity contribution in [1.29, 1.82) is 0 Å². The summed E-state index contributed by atoms with van der Waals surface area (Å²) in [6, 6.07) is 8.08. The maximum absolute atomic E-state index is 13.0.